The molecule has 8 heteroatoms. The maximum Gasteiger partial charge on any atom is 0.326 e. The molecule has 2 fully saturated rings. The van der Waals surface area contributed by atoms with Gasteiger partial charge in [0.2, 0.25) is 0 Å². The number of rotatable bonds is 5. The molecule has 1 spiro atoms. The lowest BCUT2D eigenvalue weighted by Crippen LogP contribution is -2.50. The van der Waals surface area contributed by atoms with Crippen molar-refractivity contribution >= 4 is 23.8 Å². The van der Waals surface area contributed by atoms with Crippen molar-refractivity contribution in [2.75, 3.05) is 19.7 Å². The van der Waals surface area contributed by atoms with Crippen LogP contribution in [0, 0.1) is 23.7 Å². The Morgan fingerprint density at radius 2 is 1.96 bits per heavy atom. The summed E-state index contributed by atoms with van der Waals surface area (Å²) in [5, 5.41) is 5.12. The van der Waals surface area contributed by atoms with Crippen molar-refractivity contribution in [3.05, 3.63) is 0 Å². The minimum atomic E-state index is -0.927. The largest absolute Gasteiger partial charge is 0.454 e. The normalized spacial score (nSPS) is 25.1. The summed E-state index contributed by atoms with van der Waals surface area (Å²) in [6.45, 7) is 5.52. The molecule has 2 rings (SSSR count). The van der Waals surface area contributed by atoms with Gasteiger partial charge in [-0.2, -0.15) is 0 Å². The molecule has 2 aliphatic rings. The SMILES string of the molecule is C#CCNC(=O)COC(=O)CN1C(=O)NC2(CCC(C(C)(C)C)CC2)C1=O. The van der Waals surface area contributed by atoms with Gasteiger partial charge in [-0.05, 0) is 37.0 Å². The van der Waals surface area contributed by atoms with Crippen LogP contribution in [0.1, 0.15) is 46.5 Å². The lowest BCUT2D eigenvalue weighted by atomic mass is 9.67. The first kappa shape index (κ1) is 20.7. The molecular formula is C19H27N3O5. The molecule has 0 unspecified atom stereocenters. The highest BCUT2D eigenvalue weighted by Gasteiger charge is 2.53. The standard InChI is InChI=1S/C19H27N3O5/c1-5-10-20-14(23)12-27-15(24)11-22-16(25)19(21-17(22)26)8-6-13(7-9-19)18(2,3)4/h1,13H,6-12H2,2-4H3,(H,20,23)(H,21,26). The molecule has 27 heavy (non-hydrogen) atoms. The van der Waals surface area contributed by atoms with Gasteiger partial charge in [-0.25, -0.2) is 4.79 Å². The zero-order valence-electron chi connectivity index (χ0n) is 16.1. The van der Waals surface area contributed by atoms with Crippen molar-refractivity contribution in [1.82, 2.24) is 15.5 Å². The van der Waals surface area contributed by atoms with Crippen LogP contribution < -0.4 is 10.6 Å². The van der Waals surface area contributed by atoms with E-state index in [1.165, 1.54) is 0 Å². The maximum atomic E-state index is 12.8. The molecule has 148 valence electrons. The topological polar surface area (TPSA) is 105 Å². The average molecular weight is 377 g/mol. The quantitative estimate of drug-likeness (QED) is 0.419. The molecule has 1 aliphatic heterocycles. The molecule has 1 aliphatic carbocycles. The minimum Gasteiger partial charge on any atom is -0.454 e. The summed E-state index contributed by atoms with van der Waals surface area (Å²) in [5.74, 6) is 0.939. The van der Waals surface area contributed by atoms with Gasteiger partial charge < -0.3 is 15.4 Å². The van der Waals surface area contributed by atoms with E-state index in [2.05, 4.69) is 37.3 Å². The predicted molar refractivity (Wildman–Crippen MR) is 97.2 cm³/mol. The third-order valence-electron chi connectivity index (χ3n) is 5.35. The lowest BCUT2D eigenvalue weighted by Gasteiger charge is -2.40. The van der Waals surface area contributed by atoms with Crippen molar-refractivity contribution < 1.29 is 23.9 Å². The first-order chi connectivity index (χ1) is 12.6. The van der Waals surface area contributed by atoms with Crippen LogP contribution in [0.25, 0.3) is 0 Å². The number of hydrogen-bond acceptors (Lipinski definition) is 5. The monoisotopic (exact) mass is 377 g/mol. The molecule has 0 aromatic heterocycles. The van der Waals surface area contributed by atoms with Crippen molar-refractivity contribution in [2.24, 2.45) is 11.3 Å². The van der Waals surface area contributed by atoms with Crippen LogP contribution in [0.3, 0.4) is 0 Å². The summed E-state index contributed by atoms with van der Waals surface area (Å²) < 4.78 is 4.80. The first-order valence-corrected chi connectivity index (χ1v) is 9.09. The lowest BCUT2D eigenvalue weighted by molar-refractivity contribution is -0.151. The van der Waals surface area contributed by atoms with Crippen LogP contribution in [-0.4, -0.2) is 54.0 Å². The fourth-order valence-corrected chi connectivity index (χ4v) is 3.66. The number of nitrogens with zero attached hydrogens (tertiary/aromatic N) is 1. The van der Waals surface area contributed by atoms with Crippen molar-refractivity contribution in [3.8, 4) is 12.3 Å². The third kappa shape index (κ3) is 4.79. The van der Waals surface area contributed by atoms with E-state index in [-0.39, 0.29) is 12.0 Å². The van der Waals surface area contributed by atoms with Crippen molar-refractivity contribution in [2.45, 2.75) is 52.0 Å². The van der Waals surface area contributed by atoms with Crippen LogP contribution >= 0.6 is 0 Å². The average Bonchev–Trinajstić information content (AvgIpc) is 2.82. The fourth-order valence-electron chi connectivity index (χ4n) is 3.66. The summed E-state index contributed by atoms with van der Waals surface area (Å²) in [5.41, 5.74) is -0.778. The Labute approximate surface area is 159 Å². The molecule has 1 heterocycles. The highest BCUT2D eigenvalue weighted by atomic mass is 16.5. The van der Waals surface area contributed by atoms with Gasteiger partial charge in [-0.3, -0.25) is 19.3 Å². The molecule has 1 saturated carbocycles. The van der Waals surface area contributed by atoms with E-state index in [0.29, 0.717) is 18.8 Å². The molecule has 0 atom stereocenters. The number of nitrogens with one attached hydrogen (secondary N) is 2. The van der Waals surface area contributed by atoms with Crippen LogP contribution in [0.2, 0.25) is 0 Å². The predicted octanol–water partition coefficient (Wildman–Crippen LogP) is 0.806. The number of carbonyl (C=O) groups excluding carboxylic acids is 4. The minimum absolute atomic E-state index is 0.0292. The van der Waals surface area contributed by atoms with Gasteiger partial charge in [-0.1, -0.05) is 26.7 Å². The van der Waals surface area contributed by atoms with E-state index < -0.39 is 42.5 Å². The van der Waals surface area contributed by atoms with Crippen LogP contribution in [-0.2, 0) is 19.1 Å². The van der Waals surface area contributed by atoms with Crippen LogP contribution in [0.5, 0.6) is 0 Å². The molecule has 0 bridgehead atoms. The van der Waals surface area contributed by atoms with Crippen LogP contribution in [0.4, 0.5) is 4.79 Å². The molecule has 0 radical (unpaired) electrons. The number of carbonyl (C=O) groups is 4. The smallest absolute Gasteiger partial charge is 0.326 e. The summed E-state index contributed by atoms with van der Waals surface area (Å²) in [4.78, 5) is 49.2. The second-order valence-corrected chi connectivity index (χ2v) is 8.19. The van der Waals surface area contributed by atoms with Gasteiger partial charge in [0, 0.05) is 0 Å². The molecule has 2 N–H and O–H groups in total. The summed E-state index contributed by atoms with van der Waals surface area (Å²) in [6.07, 6.45) is 7.79. The Kier molecular flexibility index (Phi) is 6.14. The van der Waals surface area contributed by atoms with Crippen LogP contribution in [0.15, 0.2) is 0 Å². The van der Waals surface area contributed by atoms with Gasteiger partial charge in [0.15, 0.2) is 6.61 Å². The number of ether oxygens (including phenoxy) is 1. The number of esters is 1. The Morgan fingerprint density at radius 1 is 1.33 bits per heavy atom. The second kappa shape index (κ2) is 7.99. The molecule has 1 saturated heterocycles. The molecule has 0 aromatic carbocycles. The Hall–Kier alpha value is -2.56. The van der Waals surface area contributed by atoms with Gasteiger partial charge in [0.25, 0.3) is 11.8 Å². The van der Waals surface area contributed by atoms with Crippen molar-refractivity contribution in [1.29, 1.82) is 0 Å². The van der Waals surface area contributed by atoms with E-state index >= 15 is 0 Å². The summed E-state index contributed by atoms with van der Waals surface area (Å²) in [6, 6.07) is -0.594. The molecule has 0 aromatic rings. The van der Waals surface area contributed by atoms with E-state index in [4.69, 9.17) is 11.2 Å². The molecular weight excluding hydrogens is 350 g/mol. The summed E-state index contributed by atoms with van der Waals surface area (Å²) >= 11 is 0. The Bertz CT molecular complexity index is 666. The number of hydrogen-bond donors (Lipinski definition) is 2. The first-order valence-electron chi connectivity index (χ1n) is 9.09. The van der Waals surface area contributed by atoms with Crippen molar-refractivity contribution in [3.63, 3.8) is 0 Å². The van der Waals surface area contributed by atoms with E-state index in [9.17, 15) is 19.2 Å². The number of imide groups is 1. The second-order valence-electron chi connectivity index (χ2n) is 8.19. The van der Waals surface area contributed by atoms with Gasteiger partial charge >= 0.3 is 12.0 Å². The highest BCUT2D eigenvalue weighted by Crippen LogP contribution is 2.43. The van der Waals surface area contributed by atoms with E-state index in [0.717, 1.165) is 17.7 Å². The van der Waals surface area contributed by atoms with E-state index in [1.807, 2.05) is 0 Å². The fraction of sp³-hybridized carbons (Fsp3) is 0.684. The third-order valence-corrected chi connectivity index (χ3v) is 5.35. The zero-order valence-corrected chi connectivity index (χ0v) is 16.1. The van der Waals surface area contributed by atoms with Gasteiger partial charge in [0.1, 0.15) is 12.1 Å². The highest BCUT2D eigenvalue weighted by molar-refractivity contribution is 6.08. The molecule has 4 amide bonds. The van der Waals surface area contributed by atoms with E-state index in [1.54, 1.807) is 0 Å². The Morgan fingerprint density at radius 3 is 2.52 bits per heavy atom. The number of urea groups is 1. The van der Waals surface area contributed by atoms with Gasteiger partial charge in [0.05, 0.1) is 6.54 Å². The summed E-state index contributed by atoms with van der Waals surface area (Å²) in [7, 11) is 0. The molecule has 8 nitrogen and oxygen atoms in total. The zero-order chi connectivity index (χ0) is 20.2. The number of terminal acetylenes is 1. The number of amides is 4. The Balaban J connectivity index is 1.90. The van der Waals surface area contributed by atoms with Gasteiger partial charge in [-0.15, -0.1) is 6.42 Å². The maximum absolute atomic E-state index is 12.8.